The minimum absolute atomic E-state index is 0.146. The lowest BCUT2D eigenvalue weighted by molar-refractivity contribution is -0.134. The number of carbonyl (C=O) groups excluding carboxylic acids is 2. The lowest BCUT2D eigenvalue weighted by Gasteiger charge is -2.05. The van der Waals surface area contributed by atoms with Crippen molar-refractivity contribution in [1.82, 2.24) is 4.57 Å². The van der Waals surface area contributed by atoms with Gasteiger partial charge in [0.2, 0.25) is 0 Å². The van der Waals surface area contributed by atoms with Gasteiger partial charge in [0.25, 0.3) is 5.78 Å². The Bertz CT molecular complexity index is 772. The molecule has 0 amide bonds. The molecule has 116 valence electrons. The summed E-state index contributed by atoms with van der Waals surface area (Å²) in [5.74, 6) is -2.56. The number of aromatic nitrogens is 1. The molecule has 2 aromatic rings. The lowest BCUT2D eigenvalue weighted by atomic mass is 10.0. The Hall–Kier alpha value is -2.57. The molecule has 1 aromatic heterocycles. The van der Waals surface area contributed by atoms with Crippen LogP contribution in [0.25, 0.3) is 17.0 Å². The van der Waals surface area contributed by atoms with Gasteiger partial charge in [0.05, 0.1) is 12.7 Å². The number of benzene rings is 1. The monoisotopic (exact) mass is 311 g/mol. The van der Waals surface area contributed by atoms with Gasteiger partial charge < -0.3 is 9.30 Å². The first-order chi connectivity index (χ1) is 10.3. The highest BCUT2D eigenvalue weighted by atomic mass is 19.4. The van der Waals surface area contributed by atoms with Gasteiger partial charge in [-0.1, -0.05) is 12.1 Å². The fourth-order valence-corrected chi connectivity index (χ4v) is 2.16. The molecule has 22 heavy (non-hydrogen) atoms. The molecule has 7 heteroatoms. The zero-order chi connectivity index (χ0) is 16.5. The van der Waals surface area contributed by atoms with Gasteiger partial charge in [-0.05, 0) is 17.7 Å². The number of ketones is 1. The van der Waals surface area contributed by atoms with Crippen LogP contribution in [-0.4, -0.2) is 29.6 Å². The van der Waals surface area contributed by atoms with E-state index in [4.69, 9.17) is 0 Å². The van der Waals surface area contributed by atoms with Crippen molar-refractivity contribution in [2.24, 2.45) is 7.05 Å². The Balaban J connectivity index is 2.67. The normalized spacial score (nSPS) is 12.0. The highest BCUT2D eigenvalue weighted by Gasteiger charge is 2.41. The van der Waals surface area contributed by atoms with Gasteiger partial charge in [-0.25, -0.2) is 4.79 Å². The van der Waals surface area contributed by atoms with E-state index >= 15 is 0 Å². The Morgan fingerprint density at radius 2 is 1.95 bits per heavy atom. The van der Waals surface area contributed by atoms with Crippen LogP contribution in [0.5, 0.6) is 0 Å². The number of halogens is 3. The van der Waals surface area contributed by atoms with Crippen LogP contribution in [0.4, 0.5) is 13.2 Å². The molecule has 0 saturated heterocycles. The van der Waals surface area contributed by atoms with E-state index in [1.54, 1.807) is 19.2 Å². The first-order valence-electron chi connectivity index (χ1n) is 6.21. The quantitative estimate of drug-likeness (QED) is 0.497. The minimum atomic E-state index is -4.96. The van der Waals surface area contributed by atoms with Crippen LogP contribution in [0.15, 0.2) is 30.5 Å². The third kappa shape index (κ3) is 2.88. The van der Waals surface area contributed by atoms with Crippen LogP contribution in [0, 0.1) is 0 Å². The number of aryl methyl sites for hydroxylation is 1. The van der Waals surface area contributed by atoms with Crippen molar-refractivity contribution in [1.29, 1.82) is 0 Å². The number of methoxy groups -OCH3 is 1. The van der Waals surface area contributed by atoms with E-state index in [2.05, 4.69) is 4.74 Å². The molecule has 1 aromatic carbocycles. The summed E-state index contributed by atoms with van der Waals surface area (Å²) in [4.78, 5) is 22.7. The van der Waals surface area contributed by atoms with E-state index in [-0.39, 0.29) is 5.39 Å². The number of esters is 1. The Morgan fingerprint density at radius 1 is 1.27 bits per heavy atom. The summed E-state index contributed by atoms with van der Waals surface area (Å²) in [6, 6.07) is 4.74. The van der Waals surface area contributed by atoms with Crippen LogP contribution in [-0.2, 0) is 16.6 Å². The Morgan fingerprint density at radius 3 is 2.55 bits per heavy atom. The molecule has 0 spiro atoms. The molecule has 0 saturated carbocycles. The maximum Gasteiger partial charge on any atom is 0.454 e. The molecule has 1 heterocycles. The van der Waals surface area contributed by atoms with Crippen molar-refractivity contribution in [3.63, 3.8) is 0 Å². The smallest absolute Gasteiger partial charge is 0.454 e. The Labute approximate surface area is 123 Å². The van der Waals surface area contributed by atoms with Gasteiger partial charge >= 0.3 is 12.1 Å². The van der Waals surface area contributed by atoms with Gasteiger partial charge in [0.1, 0.15) is 0 Å². The van der Waals surface area contributed by atoms with E-state index < -0.39 is 23.5 Å². The summed E-state index contributed by atoms with van der Waals surface area (Å²) in [6.45, 7) is 0. The second kappa shape index (κ2) is 5.67. The summed E-state index contributed by atoms with van der Waals surface area (Å²) >= 11 is 0. The highest BCUT2D eigenvalue weighted by molar-refractivity contribution is 6.13. The average Bonchev–Trinajstić information content (AvgIpc) is 2.80. The molecule has 2 rings (SSSR count). The third-order valence-electron chi connectivity index (χ3n) is 3.15. The van der Waals surface area contributed by atoms with E-state index in [0.717, 1.165) is 12.3 Å². The fourth-order valence-electron chi connectivity index (χ4n) is 2.16. The Kier molecular flexibility index (Phi) is 4.07. The number of fused-ring (bicyclic) bond motifs is 1. The molecule has 0 aliphatic rings. The van der Waals surface area contributed by atoms with Crippen molar-refractivity contribution in [3.05, 3.63) is 41.6 Å². The molecule has 0 unspecified atom stereocenters. The van der Waals surface area contributed by atoms with Gasteiger partial charge in [0.15, 0.2) is 0 Å². The van der Waals surface area contributed by atoms with E-state index in [9.17, 15) is 22.8 Å². The molecule has 0 atom stereocenters. The van der Waals surface area contributed by atoms with Crippen LogP contribution >= 0.6 is 0 Å². The van der Waals surface area contributed by atoms with Gasteiger partial charge in [-0.15, -0.1) is 0 Å². The van der Waals surface area contributed by atoms with Crippen LogP contribution in [0.3, 0.4) is 0 Å². The van der Waals surface area contributed by atoms with Crippen LogP contribution in [0.1, 0.15) is 15.9 Å². The molecule has 0 radical (unpaired) electrons. The summed E-state index contributed by atoms with van der Waals surface area (Å²) in [5, 5.41) is 0.146. The predicted octanol–water partition coefficient (Wildman–Crippen LogP) is 3.11. The summed E-state index contributed by atoms with van der Waals surface area (Å²) < 4.78 is 44.0. The van der Waals surface area contributed by atoms with Crippen LogP contribution < -0.4 is 0 Å². The summed E-state index contributed by atoms with van der Waals surface area (Å²) in [7, 11) is 2.73. The molecule has 0 aliphatic carbocycles. The second-order valence-electron chi connectivity index (χ2n) is 4.58. The highest BCUT2D eigenvalue weighted by Crippen LogP contribution is 2.31. The van der Waals surface area contributed by atoms with Crippen LogP contribution in [0.2, 0.25) is 0 Å². The molecular formula is C15H12F3NO3. The van der Waals surface area contributed by atoms with Crippen molar-refractivity contribution in [2.75, 3.05) is 7.11 Å². The topological polar surface area (TPSA) is 48.3 Å². The predicted molar refractivity (Wildman–Crippen MR) is 74.4 cm³/mol. The average molecular weight is 311 g/mol. The number of hydrogen-bond donors (Lipinski definition) is 0. The number of ether oxygens (including phenoxy) is 1. The molecule has 4 nitrogen and oxygen atoms in total. The number of alkyl halides is 3. The van der Waals surface area contributed by atoms with E-state index in [1.807, 2.05) is 0 Å². The first kappa shape index (κ1) is 15.8. The zero-order valence-corrected chi connectivity index (χ0v) is 11.8. The summed E-state index contributed by atoms with van der Waals surface area (Å²) in [6.07, 6.45) is -1.42. The number of rotatable bonds is 3. The van der Waals surface area contributed by atoms with Gasteiger partial charge in [0, 0.05) is 30.2 Å². The number of hydrogen-bond acceptors (Lipinski definition) is 3. The third-order valence-corrected chi connectivity index (χ3v) is 3.15. The number of nitrogens with zero attached hydrogens (tertiary/aromatic N) is 1. The fraction of sp³-hybridized carbons (Fsp3) is 0.200. The second-order valence-corrected chi connectivity index (χ2v) is 4.58. The number of Topliss-reactive ketones (excluding diaryl/α,β-unsaturated/α-hetero) is 1. The lowest BCUT2D eigenvalue weighted by Crippen LogP contribution is -2.22. The van der Waals surface area contributed by atoms with Crippen molar-refractivity contribution in [2.45, 2.75) is 6.18 Å². The molecule has 0 bridgehead atoms. The van der Waals surface area contributed by atoms with E-state index in [1.165, 1.54) is 23.8 Å². The minimum Gasteiger partial charge on any atom is -0.466 e. The largest absolute Gasteiger partial charge is 0.466 e. The first-order valence-corrected chi connectivity index (χ1v) is 6.21. The van der Waals surface area contributed by atoms with Crippen molar-refractivity contribution < 1.29 is 27.5 Å². The van der Waals surface area contributed by atoms with Crippen molar-refractivity contribution >= 4 is 28.7 Å². The maximum atomic E-state index is 12.7. The SMILES string of the molecule is COC(=O)/C=C/c1cccc2c1c(C(=O)C(F)(F)F)cn2C. The maximum absolute atomic E-state index is 12.7. The van der Waals surface area contributed by atoms with Gasteiger partial charge in [-0.2, -0.15) is 13.2 Å². The zero-order valence-electron chi connectivity index (χ0n) is 11.8. The molecule has 0 fully saturated rings. The molecular weight excluding hydrogens is 299 g/mol. The van der Waals surface area contributed by atoms with E-state index in [0.29, 0.717) is 11.1 Å². The number of carbonyl (C=O) groups is 2. The standard InChI is InChI=1S/C15H12F3NO3/c1-19-8-10(14(21)15(16,17)18)13-9(4-3-5-11(13)19)6-7-12(20)22-2/h3-8H,1-2H3/b7-6+. The molecule has 0 N–H and O–H groups in total. The van der Waals surface area contributed by atoms with Crippen molar-refractivity contribution in [3.8, 4) is 0 Å². The summed E-state index contributed by atoms with van der Waals surface area (Å²) in [5.41, 5.74) is 0.339. The van der Waals surface area contributed by atoms with Gasteiger partial charge in [-0.3, -0.25) is 4.79 Å². The molecule has 0 aliphatic heterocycles.